The Hall–Kier alpha value is -1.10. The maximum absolute atomic E-state index is 12.2. The van der Waals surface area contributed by atoms with Crippen molar-refractivity contribution >= 4 is 11.9 Å². The molecule has 0 aromatic rings. The van der Waals surface area contributed by atoms with Crippen molar-refractivity contribution in [2.24, 2.45) is 5.92 Å². The average Bonchev–Trinajstić information content (AvgIpc) is 2.55. The number of aliphatic carboxylic acids is 1. The SMILES string of the molecule is CC(C)CN(CC(=O)O)CC(=O)N1CCCCCC1. The molecule has 1 aliphatic heterocycles. The number of rotatable bonds is 6. The fraction of sp³-hybridized carbons (Fsp3) is 0.857. The van der Waals surface area contributed by atoms with Gasteiger partial charge in [0.25, 0.3) is 0 Å². The molecule has 0 radical (unpaired) electrons. The van der Waals surface area contributed by atoms with E-state index in [4.69, 9.17) is 5.11 Å². The molecule has 1 fully saturated rings. The maximum Gasteiger partial charge on any atom is 0.317 e. The van der Waals surface area contributed by atoms with Crippen molar-refractivity contribution < 1.29 is 14.7 Å². The highest BCUT2D eigenvalue weighted by atomic mass is 16.4. The van der Waals surface area contributed by atoms with Gasteiger partial charge in [0.2, 0.25) is 5.91 Å². The van der Waals surface area contributed by atoms with E-state index in [0.717, 1.165) is 25.9 Å². The first-order valence-electron chi connectivity index (χ1n) is 7.21. The summed E-state index contributed by atoms with van der Waals surface area (Å²) in [4.78, 5) is 26.7. The van der Waals surface area contributed by atoms with Crippen molar-refractivity contribution in [3.63, 3.8) is 0 Å². The minimum Gasteiger partial charge on any atom is -0.480 e. The van der Waals surface area contributed by atoms with Gasteiger partial charge in [-0.15, -0.1) is 0 Å². The van der Waals surface area contributed by atoms with Gasteiger partial charge in [0, 0.05) is 19.6 Å². The van der Waals surface area contributed by atoms with Crippen LogP contribution in [0.3, 0.4) is 0 Å². The number of carboxylic acid groups (broad SMARTS) is 1. The van der Waals surface area contributed by atoms with Gasteiger partial charge >= 0.3 is 5.97 Å². The molecule has 0 aromatic carbocycles. The number of amides is 1. The number of nitrogens with zero attached hydrogens (tertiary/aromatic N) is 2. The average molecular weight is 270 g/mol. The molecule has 5 heteroatoms. The summed E-state index contributed by atoms with van der Waals surface area (Å²) in [6.45, 7) is 6.52. The Morgan fingerprint density at radius 3 is 2.16 bits per heavy atom. The molecule has 0 bridgehead atoms. The van der Waals surface area contributed by atoms with Crippen LogP contribution in [-0.2, 0) is 9.59 Å². The molecule has 0 spiro atoms. The molecule has 0 saturated carbocycles. The van der Waals surface area contributed by atoms with E-state index >= 15 is 0 Å². The van der Waals surface area contributed by atoms with Crippen LogP contribution in [0.1, 0.15) is 39.5 Å². The van der Waals surface area contributed by atoms with Gasteiger partial charge in [-0.25, -0.2) is 0 Å². The first-order valence-corrected chi connectivity index (χ1v) is 7.21. The van der Waals surface area contributed by atoms with E-state index in [1.54, 1.807) is 4.90 Å². The molecule has 1 N–H and O–H groups in total. The Labute approximate surface area is 115 Å². The van der Waals surface area contributed by atoms with Crippen LogP contribution in [0, 0.1) is 5.92 Å². The number of carbonyl (C=O) groups excluding carboxylic acids is 1. The summed E-state index contributed by atoms with van der Waals surface area (Å²) < 4.78 is 0. The highest BCUT2D eigenvalue weighted by molar-refractivity contribution is 5.79. The van der Waals surface area contributed by atoms with Gasteiger partial charge in [0.1, 0.15) is 0 Å². The minimum atomic E-state index is -0.871. The largest absolute Gasteiger partial charge is 0.480 e. The lowest BCUT2D eigenvalue weighted by atomic mass is 10.2. The van der Waals surface area contributed by atoms with E-state index in [-0.39, 0.29) is 19.0 Å². The zero-order chi connectivity index (χ0) is 14.3. The molecule has 0 atom stereocenters. The van der Waals surface area contributed by atoms with Crippen molar-refractivity contribution in [2.45, 2.75) is 39.5 Å². The van der Waals surface area contributed by atoms with Gasteiger partial charge in [0.15, 0.2) is 0 Å². The van der Waals surface area contributed by atoms with Crippen LogP contribution in [0.5, 0.6) is 0 Å². The van der Waals surface area contributed by atoms with Crippen LogP contribution in [0.15, 0.2) is 0 Å². The van der Waals surface area contributed by atoms with Gasteiger partial charge in [-0.3, -0.25) is 14.5 Å². The molecule has 110 valence electrons. The Balaban J connectivity index is 2.50. The Morgan fingerprint density at radius 1 is 1.11 bits per heavy atom. The molecular formula is C14H26N2O3. The normalized spacial score (nSPS) is 16.7. The van der Waals surface area contributed by atoms with Crippen LogP contribution in [0.25, 0.3) is 0 Å². The summed E-state index contributed by atoms with van der Waals surface area (Å²) in [5.41, 5.74) is 0. The molecule has 1 saturated heterocycles. The monoisotopic (exact) mass is 270 g/mol. The number of hydrogen-bond acceptors (Lipinski definition) is 3. The summed E-state index contributed by atoms with van der Waals surface area (Å²) in [6.07, 6.45) is 4.51. The third-order valence-corrected chi connectivity index (χ3v) is 3.30. The fourth-order valence-electron chi connectivity index (χ4n) is 2.50. The summed E-state index contributed by atoms with van der Waals surface area (Å²) in [7, 11) is 0. The molecule has 19 heavy (non-hydrogen) atoms. The van der Waals surface area contributed by atoms with Crippen molar-refractivity contribution in [2.75, 3.05) is 32.7 Å². The van der Waals surface area contributed by atoms with E-state index in [1.165, 1.54) is 12.8 Å². The second-order valence-corrected chi connectivity index (χ2v) is 5.75. The Bertz CT molecular complexity index is 297. The Morgan fingerprint density at radius 2 is 1.68 bits per heavy atom. The van der Waals surface area contributed by atoms with Crippen molar-refractivity contribution in [1.29, 1.82) is 0 Å². The van der Waals surface area contributed by atoms with E-state index in [1.807, 2.05) is 18.7 Å². The molecule has 0 unspecified atom stereocenters. The van der Waals surface area contributed by atoms with E-state index in [9.17, 15) is 9.59 Å². The lowest BCUT2D eigenvalue weighted by Gasteiger charge is -2.26. The quantitative estimate of drug-likeness (QED) is 0.793. The molecule has 1 amide bonds. The van der Waals surface area contributed by atoms with Crippen LogP contribution in [-0.4, -0.2) is 59.5 Å². The molecule has 5 nitrogen and oxygen atoms in total. The van der Waals surface area contributed by atoms with Crippen molar-refractivity contribution in [3.8, 4) is 0 Å². The minimum absolute atomic E-state index is 0.0578. The summed E-state index contributed by atoms with van der Waals surface area (Å²) in [5, 5.41) is 8.90. The van der Waals surface area contributed by atoms with Gasteiger partial charge in [0.05, 0.1) is 13.1 Å². The predicted octanol–water partition coefficient (Wildman–Crippen LogP) is 1.43. The van der Waals surface area contributed by atoms with E-state index < -0.39 is 5.97 Å². The van der Waals surface area contributed by atoms with Gasteiger partial charge < -0.3 is 10.0 Å². The second-order valence-electron chi connectivity index (χ2n) is 5.75. The highest BCUT2D eigenvalue weighted by Gasteiger charge is 2.20. The molecule has 1 rings (SSSR count). The zero-order valence-corrected chi connectivity index (χ0v) is 12.1. The highest BCUT2D eigenvalue weighted by Crippen LogP contribution is 2.10. The molecule has 0 aromatic heterocycles. The van der Waals surface area contributed by atoms with Crippen LogP contribution < -0.4 is 0 Å². The second kappa shape index (κ2) is 8.15. The molecule has 1 aliphatic rings. The first kappa shape index (κ1) is 16.0. The Kier molecular flexibility index (Phi) is 6.84. The van der Waals surface area contributed by atoms with Crippen molar-refractivity contribution in [1.82, 2.24) is 9.80 Å². The van der Waals surface area contributed by atoms with Gasteiger partial charge in [-0.1, -0.05) is 26.7 Å². The van der Waals surface area contributed by atoms with Gasteiger partial charge in [-0.05, 0) is 18.8 Å². The summed E-state index contributed by atoms with van der Waals surface area (Å²) in [6, 6.07) is 0. The lowest BCUT2D eigenvalue weighted by molar-refractivity contribution is -0.139. The predicted molar refractivity (Wildman–Crippen MR) is 74.0 cm³/mol. The lowest BCUT2D eigenvalue weighted by Crippen LogP contribution is -2.43. The molecule has 0 aliphatic carbocycles. The number of hydrogen-bond donors (Lipinski definition) is 1. The van der Waals surface area contributed by atoms with Crippen LogP contribution in [0.4, 0.5) is 0 Å². The maximum atomic E-state index is 12.2. The smallest absolute Gasteiger partial charge is 0.317 e. The third kappa shape index (κ3) is 6.57. The van der Waals surface area contributed by atoms with Crippen LogP contribution >= 0.6 is 0 Å². The molecule has 1 heterocycles. The van der Waals surface area contributed by atoms with E-state index in [0.29, 0.717) is 12.5 Å². The van der Waals surface area contributed by atoms with Crippen molar-refractivity contribution in [3.05, 3.63) is 0 Å². The first-order chi connectivity index (χ1) is 8.99. The number of carboxylic acids is 1. The van der Waals surface area contributed by atoms with Crippen LogP contribution in [0.2, 0.25) is 0 Å². The summed E-state index contributed by atoms with van der Waals surface area (Å²) >= 11 is 0. The molecular weight excluding hydrogens is 244 g/mol. The fourth-order valence-corrected chi connectivity index (χ4v) is 2.50. The standard InChI is InChI=1S/C14H26N2O3/c1-12(2)9-15(11-14(18)19)10-13(17)16-7-5-3-4-6-8-16/h12H,3-11H2,1-2H3,(H,18,19). The third-order valence-electron chi connectivity index (χ3n) is 3.30. The zero-order valence-electron chi connectivity index (χ0n) is 12.1. The van der Waals surface area contributed by atoms with E-state index in [2.05, 4.69) is 0 Å². The number of likely N-dealkylation sites (tertiary alicyclic amines) is 1. The van der Waals surface area contributed by atoms with Gasteiger partial charge in [-0.2, -0.15) is 0 Å². The summed E-state index contributed by atoms with van der Waals surface area (Å²) in [5.74, 6) is -0.440. The topological polar surface area (TPSA) is 60.9 Å². The number of carbonyl (C=O) groups is 2.